The smallest absolute Gasteiger partial charge is 0.407 e. The van der Waals surface area contributed by atoms with Crippen LogP contribution in [-0.2, 0) is 16.0 Å². The second-order valence-electron chi connectivity index (χ2n) is 9.26. The lowest BCUT2D eigenvalue weighted by atomic mass is 9.97. The van der Waals surface area contributed by atoms with Crippen LogP contribution in [0.5, 0.6) is 0 Å². The number of carbonyl (C=O) groups excluding carboxylic acids is 3. The summed E-state index contributed by atoms with van der Waals surface area (Å²) in [6.07, 6.45) is -0.107. The van der Waals surface area contributed by atoms with Crippen LogP contribution in [0.4, 0.5) is 9.18 Å². The van der Waals surface area contributed by atoms with E-state index in [4.69, 9.17) is 4.74 Å². The molecule has 0 bridgehead atoms. The van der Waals surface area contributed by atoms with E-state index in [9.17, 15) is 18.8 Å². The van der Waals surface area contributed by atoms with Crippen molar-refractivity contribution in [1.82, 2.24) is 16.0 Å². The summed E-state index contributed by atoms with van der Waals surface area (Å²) in [6.45, 7) is 7.37. The summed E-state index contributed by atoms with van der Waals surface area (Å²) in [4.78, 5) is 36.6. The largest absolute Gasteiger partial charge is 0.444 e. The Balaban J connectivity index is 2.06. The molecule has 0 aromatic heterocycles. The minimum absolute atomic E-state index is 0.0322. The summed E-state index contributed by atoms with van der Waals surface area (Å²) in [7, 11) is 1.43. The van der Waals surface area contributed by atoms with Gasteiger partial charge in [0.1, 0.15) is 11.4 Å². The molecule has 2 aromatic rings. The van der Waals surface area contributed by atoms with Crippen LogP contribution in [0.2, 0.25) is 0 Å². The molecule has 184 valence electrons. The summed E-state index contributed by atoms with van der Waals surface area (Å²) in [5.74, 6) is -1.31. The van der Waals surface area contributed by atoms with E-state index in [0.29, 0.717) is 12.0 Å². The molecule has 2 rings (SSSR count). The zero-order valence-corrected chi connectivity index (χ0v) is 20.4. The maximum Gasteiger partial charge on any atom is 0.407 e. The Labute approximate surface area is 200 Å². The van der Waals surface area contributed by atoms with Crippen molar-refractivity contribution in [3.8, 4) is 0 Å². The van der Waals surface area contributed by atoms with Gasteiger partial charge in [0.25, 0.3) is 5.91 Å². The van der Waals surface area contributed by atoms with E-state index in [2.05, 4.69) is 16.0 Å². The monoisotopic (exact) mass is 471 g/mol. The highest BCUT2D eigenvalue weighted by Crippen LogP contribution is 2.18. The fraction of sp³-hybridized carbons (Fsp3) is 0.423. The lowest BCUT2D eigenvalue weighted by Crippen LogP contribution is -2.46. The predicted molar refractivity (Wildman–Crippen MR) is 129 cm³/mol. The predicted octanol–water partition coefficient (Wildman–Crippen LogP) is 3.93. The highest BCUT2D eigenvalue weighted by molar-refractivity contribution is 5.94. The van der Waals surface area contributed by atoms with E-state index in [-0.39, 0.29) is 30.4 Å². The Morgan fingerprint density at radius 3 is 2.32 bits per heavy atom. The molecule has 0 saturated carbocycles. The van der Waals surface area contributed by atoms with E-state index in [1.54, 1.807) is 26.8 Å². The molecule has 0 spiro atoms. The lowest BCUT2D eigenvalue weighted by molar-refractivity contribution is -0.121. The first-order valence-corrected chi connectivity index (χ1v) is 11.3. The number of carbonyl (C=O) groups is 3. The van der Waals surface area contributed by atoms with Gasteiger partial charge in [0.05, 0.1) is 11.6 Å². The SMILES string of the molecule is CNC(=O)c1ccc(C[C@@H](CNC(=O)C[C@H](C)c2ccccc2)NC(=O)OC(C)(C)C)cc1F. The van der Waals surface area contributed by atoms with Crippen LogP contribution in [0.25, 0.3) is 0 Å². The summed E-state index contributed by atoms with van der Waals surface area (Å²) in [6, 6.07) is 13.5. The minimum atomic E-state index is -0.690. The van der Waals surface area contributed by atoms with Gasteiger partial charge in [-0.2, -0.15) is 0 Å². The van der Waals surface area contributed by atoms with E-state index >= 15 is 0 Å². The first kappa shape index (κ1) is 26.8. The van der Waals surface area contributed by atoms with E-state index in [1.807, 2.05) is 37.3 Å². The molecule has 2 aromatic carbocycles. The first-order valence-electron chi connectivity index (χ1n) is 11.3. The van der Waals surface area contributed by atoms with Gasteiger partial charge in [0.15, 0.2) is 0 Å². The maximum atomic E-state index is 14.4. The van der Waals surface area contributed by atoms with Gasteiger partial charge in [-0.25, -0.2) is 9.18 Å². The molecule has 0 heterocycles. The van der Waals surface area contributed by atoms with E-state index in [1.165, 1.54) is 19.2 Å². The molecule has 34 heavy (non-hydrogen) atoms. The van der Waals surface area contributed by atoms with Gasteiger partial charge in [-0.3, -0.25) is 9.59 Å². The Morgan fingerprint density at radius 1 is 1.06 bits per heavy atom. The van der Waals surface area contributed by atoms with Gasteiger partial charge in [0.2, 0.25) is 5.91 Å². The summed E-state index contributed by atoms with van der Waals surface area (Å²) in [5.41, 5.74) is 0.876. The fourth-order valence-corrected chi connectivity index (χ4v) is 3.42. The van der Waals surface area contributed by atoms with Crippen molar-refractivity contribution in [2.45, 2.75) is 58.1 Å². The van der Waals surface area contributed by atoms with Crippen LogP contribution < -0.4 is 16.0 Å². The van der Waals surface area contributed by atoms with Crippen LogP contribution in [0, 0.1) is 5.82 Å². The van der Waals surface area contributed by atoms with Crippen LogP contribution in [0.1, 0.15) is 61.5 Å². The second kappa shape index (κ2) is 12.2. The molecule has 2 atom stereocenters. The van der Waals surface area contributed by atoms with E-state index < -0.39 is 29.5 Å². The lowest BCUT2D eigenvalue weighted by Gasteiger charge is -2.24. The van der Waals surface area contributed by atoms with Gasteiger partial charge in [0, 0.05) is 20.0 Å². The quantitative estimate of drug-likeness (QED) is 0.516. The van der Waals surface area contributed by atoms with Crippen LogP contribution in [-0.4, -0.2) is 43.1 Å². The number of hydrogen-bond donors (Lipinski definition) is 3. The molecule has 0 aliphatic heterocycles. The summed E-state index contributed by atoms with van der Waals surface area (Å²) < 4.78 is 19.7. The standard InChI is InChI=1S/C26H34FN3O4/c1-17(19-9-7-6-8-10-19)13-23(31)29-16-20(30-25(33)34-26(2,3)4)14-18-11-12-21(22(27)15-18)24(32)28-5/h6-12,15,17,20H,13-14,16H2,1-5H3,(H,28,32)(H,29,31)(H,30,33)/t17-,20-/m0/s1. The van der Waals surface area contributed by atoms with Crippen molar-refractivity contribution in [2.75, 3.05) is 13.6 Å². The highest BCUT2D eigenvalue weighted by Gasteiger charge is 2.21. The fourth-order valence-electron chi connectivity index (χ4n) is 3.42. The normalized spacial score (nSPS) is 12.9. The first-order chi connectivity index (χ1) is 16.0. The number of alkyl carbamates (subject to hydrolysis) is 1. The number of rotatable bonds is 9. The Bertz CT molecular complexity index is 989. The molecule has 7 nitrogen and oxygen atoms in total. The van der Waals surface area contributed by atoms with Crippen molar-refractivity contribution in [2.24, 2.45) is 0 Å². The minimum Gasteiger partial charge on any atom is -0.444 e. The molecule has 0 unspecified atom stereocenters. The number of hydrogen-bond acceptors (Lipinski definition) is 4. The molecule has 8 heteroatoms. The van der Waals surface area contributed by atoms with Gasteiger partial charge >= 0.3 is 6.09 Å². The molecular formula is C26H34FN3O4. The van der Waals surface area contributed by atoms with Crippen LogP contribution >= 0.6 is 0 Å². The van der Waals surface area contributed by atoms with Gasteiger partial charge in [-0.1, -0.05) is 43.3 Å². The second-order valence-corrected chi connectivity index (χ2v) is 9.26. The van der Waals surface area contributed by atoms with Crippen molar-refractivity contribution < 1.29 is 23.5 Å². The van der Waals surface area contributed by atoms with Crippen molar-refractivity contribution in [1.29, 1.82) is 0 Å². The molecule has 3 N–H and O–H groups in total. The average molecular weight is 472 g/mol. The Morgan fingerprint density at radius 2 is 1.74 bits per heavy atom. The number of benzene rings is 2. The highest BCUT2D eigenvalue weighted by atomic mass is 19.1. The van der Waals surface area contributed by atoms with Crippen LogP contribution in [0.3, 0.4) is 0 Å². The third kappa shape index (κ3) is 8.84. The van der Waals surface area contributed by atoms with Gasteiger partial charge in [-0.05, 0) is 56.4 Å². The third-order valence-electron chi connectivity index (χ3n) is 5.11. The molecule has 0 saturated heterocycles. The van der Waals surface area contributed by atoms with Crippen molar-refractivity contribution in [3.63, 3.8) is 0 Å². The van der Waals surface area contributed by atoms with Crippen molar-refractivity contribution in [3.05, 3.63) is 71.0 Å². The Kier molecular flexibility index (Phi) is 9.59. The average Bonchev–Trinajstić information content (AvgIpc) is 2.76. The topological polar surface area (TPSA) is 96.5 Å². The maximum absolute atomic E-state index is 14.4. The molecular weight excluding hydrogens is 437 g/mol. The number of amides is 3. The summed E-state index contributed by atoms with van der Waals surface area (Å²) >= 11 is 0. The zero-order chi connectivity index (χ0) is 25.3. The molecule has 0 aliphatic rings. The molecule has 0 aliphatic carbocycles. The summed E-state index contributed by atoms with van der Waals surface area (Å²) in [5, 5.41) is 8.00. The van der Waals surface area contributed by atoms with Gasteiger partial charge < -0.3 is 20.7 Å². The molecule has 3 amide bonds. The molecule has 0 radical (unpaired) electrons. The number of halogens is 1. The third-order valence-corrected chi connectivity index (χ3v) is 5.11. The zero-order valence-electron chi connectivity index (χ0n) is 20.4. The number of ether oxygens (including phenoxy) is 1. The number of nitrogens with one attached hydrogen (secondary N) is 3. The van der Waals surface area contributed by atoms with E-state index in [0.717, 1.165) is 5.56 Å². The van der Waals surface area contributed by atoms with Gasteiger partial charge in [-0.15, -0.1) is 0 Å². The molecule has 0 fully saturated rings. The van der Waals surface area contributed by atoms with Crippen molar-refractivity contribution >= 4 is 17.9 Å². The van der Waals surface area contributed by atoms with Crippen LogP contribution in [0.15, 0.2) is 48.5 Å². The Hall–Kier alpha value is -3.42.